The topological polar surface area (TPSA) is 47.3 Å². The van der Waals surface area contributed by atoms with Crippen LogP contribution in [0.25, 0.3) is 22.2 Å². The Morgan fingerprint density at radius 1 is 1.26 bits per heavy atom. The Morgan fingerprint density at radius 3 is 2.83 bits per heavy atom. The Balaban J connectivity index is 1.73. The van der Waals surface area contributed by atoms with Crippen molar-refractivity contribution in [3.63, 3.8) is 0 Å². The third kappa shape index (κ3) is 2.52. The number of aliphatic hydroxyl groups is 1. The van der Waals surface area contributed by atoms with Crippen LogP contribution in [-0.2, 0) is 11.3 Å². The number of nitrogens with zero attached hydrogens (tertiary/aromatic N) is 2. The molecule has 1 saturated heterocycles. The van der Waals surface area contributed by atoms with Crippen LogP contribution in [0.2, 0.25) is 0 Å². The molecule has 0 radical (unpaired) electrons. The molecule has 0 aliphatic carbocycles. The summed E-state index contributed by atoms with van der Waals surface area (Å²) in [6, 6.07) is 10.8. The Bertz CT molecular complexity index is 884. The van der Waals surface area contributed by atoms with Gasteiger partial charge in [-0.3, -0.25) is 0 Å². The summed E-state index contributed by atoms with van der Waals surface area (Å²) < 4.78 is 21.0. The highest BCUT2D eigenvalue weighted by Crippen LogP contribution is 2.28. The smallest absolute Gasteiger partial charge is 0.131 e. The van der Waals surface area contributed by atoms with Gasteiger partial charge >= 0.3 is 0 Å². The maximum Gasteiger partial charge on any atom is 0.131 e. The highest BCUT2D eigenvalue weighted by molar-refractivity contribution is 5.82. The van der Waals surface area contributed by atoms with Gasteiger partial charge in [0.1, 0.15) is 11.4 Å². The first-order valence-electron chi connectivity index (χ1n) is 7.56. The highest BCUT2D eigenvalue weighted by Gasteiger charge is 2.36. The van der Waals surface area contributed by atoms with Crippen molar-refractivity contribution in [1.29, 1.82) is 0 Å². The highest BCUT2D eigenvalue weighted by atomic mass is 19.1. The fourth-order valence-electron chi connectivity index (χ4n) is 2.96. The first-order valence-corrected chi connectivity index (χ1v) is 7.56. The number of imidazole rings is 1. The van der Waals surface area contributed by atoms with Gasteiger partial charge in [0, 0.05) is 5.56 Å². The number of rotatable bonds is 3. The molecule has 1 aliphatic rings. The summed E-state index contributed by atoms with van der Waals surface area (Å²) in [6.07, 6.45) is 1.71. The van der Waals surface area contributed by atoms with Crippen LogP contribution < -0.4 is 0 Å². The summed E-state index contributed by atoms with van der Waals surface area (Å²) >= 11 is 0. The maximum absolute atomic E-state index is 14.1. The van der Waals surface area contributed by atoms with Crippen molar-refractivity contribution in [3.8, 4) is 11.1 Å². The van der Waals surface area contributed by atoms with Crippen molar-refractivity contribution in [3.05, 3.63) is 54.1 Å². The number of hydrogen-bond donors (Lipinski definition) is 1. The Morgan fingerprint density at radius 2 is 2.09 bits per heavy atom. The molecular weight excluding hydrogens is 295 g/mol. The number of halogens is 1. The van der Waals surface area contributed by atoms with Crippen LogP contribution in [0.4, 0.5) is 4.39 Å². The van der Waals surface area contributed by atoms with Crippen molar-refractivity contribution < 1.29 is 14.2 Å². The van der Waals surface area contributed by atoms with Crippen molar-refractivity contribution in [1.82, 2.24) is 9.55 Å². The first kappa shape index (κ1) is 14.4. The second-order valence-corrected chi connectivity index (χ2v) is 6.28. The van der Waals surface area contributed by atoms with Crippen molar-refractivity contribution in [2.24, 2.45) is 0 Å². The summed E-state index contributed by atoms with van der Waals surface area (Å²) in [5.41, 5.74) is 3.28. The molecule has 4 rings (SSSR count). The SMILES string of the molecule is Cc1ccc(F)c(-c2ccc3c(c2)ncn3CC2(O)COC2)c1. The molecule has 0 spiro atoms. The van der Waals surface area contributed by atoms with E-state index in [1.54, 1.807) is 12.4 Å². The zero-order chi connectivity index (χ0) is 16.0. The molecule has 1 N–H and O–H groups in total. The van der Waals surface area contributed by atoms with Crippen LogP contribution in [0.1, 0.15) is 5.56 Å². The zero-order valence-corrected chi connectivity index (χ0v) is 12.8. The second-order valence-electron chi connectivity index (χ2n) is 6.28. The minimum absolute atomic E-state index is 0.240. The molecule has 2 aromatic carbocycles. The van der Waals surface area contributed by atoms with E-state index in [-0.39, 0.29) is 5.82 Å². The molecule has 0 unspecified atom stereocenters. The molecule has 5 heteroatoms. The van der Waals surface area contributed by atoms with Gasteiger partial charge in [-0.15, -0.1) is 0 Å². The maximum atomic E-state index is 14.1. The fraction of sp³-hybridized carbons (Fsp3) is 0.278. The van der Waals surface area contributed by atoms with Gasteiger partial charge in [-0.1, -0.05) is 17.7 Å². The van der Waals surface area contributed by atoms with Crippen molar-refractivity contribution in [2.45, 2.75) is 19.1 Å². The molecular formula is C18H17FN2O2. The Labute approximate surface area is 133 Å². The number of ether oxygens (including phenoxy) is 1. The third-order valence-corrected chi connectivity index (χ3v) is 4.26. The van der Waals surface area contributed by atoms with Crippen LogP contribution in [0.3, 0.4) is 0 Å². The third-order valence-electron chi connectivity index (χ3n) is 4.26. The molecule has 4 nitrogen and oxygen atoms in total. The summed E-state index contributed by atoms with van der Waals surface area (Å²) in [4.78, 5) is 4.39. The van der Waals surface area contributed by atoms with E-state index in [0.29, 0.717) is 25.3 Å². The van der Waals surface area contributed by atoms with Gasteiger partial charge in [0.2, 0.25) is 0 Å². The van der Waals surface area contributed by atoms with Gasteiger partial charge in [0.05, 0.1) is 37.1 Å². The van der Waals surface area contributed by atoms with E-state index in [4.69, 9.17) is 4.74 Å². The van der Waals surface area contributed by atoms with Gasteiger partial charge in [-0.2, -0.15) is 0 Å². The number of fused-ring (bicyclic) bond motifs is 1. The predicted molar refractivity (Wildman–Crippen MR) is 85.6 cm³/mol. The molecule has 1 fully saturated rings. The number of aryl methyl sites for hydroxylation is 1. The summed E-state index contributed by atoms with van der Waals surface area (Å²) in [5.74, 6) is -0.240. The number of hydrogen-bond acceptors (Lipinski definition) is 3. The van der Waals surface area contributed by atoms with Gasteiger partial charge in [-0.05, 0) is 36.8 Å². The van der Waals surface area contributed by atoms with E-state index in [1.165, 1.54) is 6.07 Å². The summed E-state index contributed by atoms with van der Waals surface area (Å²) in [7, 11) is 0. The molecule has 1 aromatic heterocycles. The minimum atomic E-state index is -0.811. The molecule has 0 amide bonds. The Hall–Kier alpha value is -2.24. The van der Waals surface area contributed by atoms with Crippen LogP contribution in [0.15, 0.2) is 42.7 Å². The van der Waals surface area contributed by atoms with Crippen LogP contribution in [0.5, 0.6) is 0 Å². The number of aromatic nitrogens is 2. The molecule has 0 saturated carbocycles. The zero-order valence-electron chi connectivity index (χ0n) is 12.8. The molecule has 118 valence electrons. The molecule has 2 heterocycles. The normalized spacial score (nSPS) is 16.5. The second kappa shape index (κ2) is 5.15. The van der Waals surface area contributed by atoms with Gasteiger partial charge in [-0.25, -0.2) is 9.37 Å². The van der Waals surface area contributed by atoms with E-state index < -0.39 is 5.60 Å². The van der Waals surface area contributed by atoms with Crippen LogP contribution >= 0.6 is 0 Å². The van der Waals surface area contributed by atoms with Crippen molar-refractivity contribution >= 4 is 11.0 Å². The lowest BCUT2D eigenvalue weighted by Gasteiger charge is -2.36. The average Bonchev–Trinajstić information content (AvgIpc) is 2.90. The minimum Gasteiger partial charge on any atom is -0.383 e. The summed E-state index contributed by atoms with van der Waals surface area (Å²) in [5, 5.41) is 10.2. The van der Waals surface area contributed by atoms with Crippen LogP contribution in [-0.4, -0.2) is 33.5 Å². The average molecular weight is 312 g/mol. The molecule has 23 heavy (non-hydrogen) atoms. The fourth-order valence-corrected chi connectivity index (χ4v) is 2.96. The standard InChI is InChI=1S/C18H17FN2O2/c1-12-2-4-15(19)14(6-12)13-3-5-17-16(7-13)20-11-21(17)8-18(22)9-23-10-18/h2-7,11,22H,8-10H2,1H3. The van der Waals surface area contributed by atoms with Gasteiger partial charge in [0.25, 0.3) is 0 Å². The van der Waals surface area contributed by atoms with Crippen LogP contribution in [0, 0.1) is 12.7 Å². The largest absolute Gasteiger partial charge is 0.383 e. The lowest BCUT2D eigenvalue weighted by molar-refractivity contribution is -0.184. The van der Waals surface area contributed by atoms with E-state index in [0.717, 1.165) is 22.2 Å². The van der Waals surface area contributed by atoms with E-state index >= 15 is 0 Å². The molecule has 1 aliphatic heterocycles. The van der Waals surface area contributed by atoms with E-state index in [1.807, 2.05) is 35.8 Å². The lowest BCUT2D eigenvalue weighted by Crippen LogP contribution is -2.52. The molecule has 0 atom stereocenters. The van der Waals surface area contributed by atoms with Gasteiger partial charge < -0.3 is 14.4 Å². The van der Waals surface area contributed by atoms with Gasteiger partial charge in [0.15, 0.2) is 0 Å². The lowest BCUT2D eigenvalue weighted by atomic mass is 10.0. The predicted octanol–water partition coefficient (Wildman–Crippen LogP) is 2.91. The Kier molecular flexibility index (Phi) is 3.21. The summed E-state index contributed by atoms with van der Waals surface area (Å²) in [6.45, 7) is 3.08. The number of benzene rings is 2. The molecule has 3 aromatic rings. The quantitative estimate of drug-likeness (QED) is 0.809. The monoisotopic (exact) mass is 312 g/mol. The first-order chi connectivity index (χ1) is 11.0. The van der Waals surface area contributed by atoms with Crippen molar-refractivity contribution in [2.75, 3.05) is 13.2 Å². The van der Waals surface area contributed by atoms with E-state index in [9.17, 15) is 9.50 Å². The molecule has 0 bridgehead atoms. The van der Waals surface area contributed by atoms with E-state index in [2.05, 4.69) is 4.98 Å².